The van der Waals surface area contributed by atoms with Crippen molar-refractivity contribution in [1.82, 2.24) is 4.90 Å². The molecule has 6 rings (SSSR count). The van der Waals surface area contributed by atoms with Crippen molar-refractivity contribution in [1.29, 1.82) is 0 Å². The Hall–Kier alpha value is -3.30. The highest BCUT2D eigenvalue weighted by Crippen LogP contribution is 2.61. The van der Waals surface area contributed by atoms with Gasteiger partial charge in [0.2, 0.25) is 17.7 Å². The minimum atomic E-state index is -1.33. The quantitative estimate of drug-likeness (QED) is 0.413. The second kappa shape index (κ2) is 6.61. The summed E-state index contributed by atoms with van der Waals surface area (Å²) in [7, 11) is 0. The Labute approximate surface area is 193 Å². The number of benzene rings is 2. The number of amides is 3. The van der Waals surface area contributed by atoms with Crippen molar-refractivity contribution in [3.05, 3.63) is 62.7 Å². The maximum Gasteiger partial charge on any atom is 0.274 e. The van der Waals surface area contributed by atoms with Gasteiger partial charge in [0.1, 0.15) is 5.54 Å². The van der Waals surface area contributed by atoms with Crippen LogP contribution in [0.15, 0.2) is 36.4 Å². The maximum absolute atomic E-state index is 13.9. The zero-order valence-electron chi connectivity index (χ0n) is 17.6. The Bertz CT molecular complexity index is 1300. The molecular formula is C23H19ClN4O5. The molecule has 0 aliphatic carbocycles. The monoisotopic (exact) mass is 466 g/mol. The van der Waals surface area contributed by atoms with Gasteiger partial charge in [-0.1, -0.05) is 17.7 Å². The fourth-order valence-electron chi connectivity index (χ4n) is 6.36. The molecule has 0 bridgehead atoms. The molecule has 0 radical (unpaired) electrons. The molecular weight excluding hydrogens is 448 g/mol. The van der Waals surface area contributed by atoms with Crippen LogP contribution in [0.1, 0.15) is 24.0 Å². The molecule has 0 unspecified atom stereocenters. The summed E-state index contributed by atoms with van der Waals surface area (Å²) in [6.45, 7) is 2.19. The number of nitrogens with zero attached hydrogens (tertiary/aromatic N) is 3. The first-order chi connectivity index (χ1) is 15.8. The zero-order chi connectivity index (χ0) is 23.2. The van der Waals surface area contributed by atoms with Crippen LogP contribution in [0.4, 0.5) is 17.1 Å². The lowest BCUT2D eigenvalue weighted by Gasteiger charge is -2.36. The van der Waals surface area contributed by atoms with Gasteiger partial charge in [0, 0.05) is 33.9 Å². The molecule has 168 valence electrons. The number of imide groups is 1. The molecule has 0 aromatic heterocycles. The van der Waals surface area contributed by atoms with Crippen LogP contribution >= 0.6 is 11.6 Å². The topological polar surface area (TPSA) is 113 Å². The summed E-state index contributed by atoms with van der Waals surface area (Å²) >= 11 is 6.29. The van der Waals surface area contributed by atoms with Gasteiger partial charge in [-0.25, -0.2) is 4.90 Å². The van der Waals surface area contributed by atoms with Gasteiger partial charge < -0.3 is 5.32 Å². The van der Waals surface area contributed by atoms with Gasteiger partial charge in [0.05, 0.1) is 22.4 Å². The summed E-state index contributed by atoms with van der Waals surface area (Å²) in [6.07, 6.45) is 1.49. The Balaban J connectivity index is 1.54. The number of halogens is 1. The smallest absolute Gasteiger partial charge is 0.274 e. The summed E-state index contributed by atoms with van der Waals surface area (Å²) < 4.78 is 0. The van der Waals surface area contributed by atoms with E-state index in [0.717, 1.165) is 11.3 Å². The van der Waals surface area contributed by atoms with E-state index in [9.17, 15) is 24.5 Å². The van der Waals surface area contributed by atoms with Crippen molar-refractivity contribution < 1.29 is 19.3 Å². The average Bonchev–Trinajstić information content (AvgIpc) is 3.47. The number of anilines is 2. The van der Waals surface area contributed by atoms with Crippen molar-refractivity contribution in [2.45, 2.75) is 31.3 Å². The van der Waals surface area contributed by atoms with E-state index in [1.807, 2.05) is 4.90 Å². The molecule has 10 heteroatoms. The Morgan fingerprint density at radius 2 is 1.94 bits per heavy atom. The normalized spacial score (nSPS) is 30.1. The van der Waals surface area contributed by atoms with E-state index in [-0.39, 0.29) is 23.3 Å². The second-order valence-electron chi connectivity index (χ2n) is 9.06. The predicted molar refractivity (Wildman–Crippen MR) is 119 cm³/mol. The highest BCUT2D eigenvalue weighted by Gasteiger charge is 2.74. The highest BCUT2D eigenvalue weighted by molar-refractivity contribution is 6.31. The van der Waals surface area contributed by atoms with Gasteiger partial charge in [-0.3, -0.25) is 29.4 Å². The number of hydrogen-bond acceptors (Lipinski definition) is 6. The summed E-state index contributed by atoms with van der Waals surface area (Å²) in [5.74, 6) is -2.91. The molecule has 4 aliphatic rings. The molecule has 4 atom stereocenters. The lowest BCUT2D eigenvalue weighted by atomic mass is 9.75. The van der Waals surface area contributed by atoms with Gasteiger partial charge in [0.25, 0.3) is 5.69 Å². The van der Waals surface area contributed by atoms with Gasteiger partial charge in [-0.2, -0.15) is 0 Å². The van der Waals surface area contributed by atoms with Crippen molar-refractivity contribution in [3.63, 3.8) is 0 Å². The molecule has 3 amide bonds. The lowest BCUT2D eigenvalue weighted by Crippen LogP contribution is -2.54. The third-order valence-electron chi connectivity index (χ3n) is 7.60. The van der Waals surface area contributed by atoms with Crippen LogP contribution in [0.3, 0.4) is 0 Å². The number of nitro benzene ring substituents is 1. The van der Waals surface area contributed by atoms with Crippen molar-refractivity contribution >= 4 is 46.4 Å². The van der Waals surface area contributed by atoms with Crippen LogP contribution in [0.25, 0.3) is 0 Å². The van der Waals surface area contributed by atoms with Crippen LogP contribution in [-0.4, -0.2) is 40.1 Å². The van der Waals surface area contributed by atoms with Crippen LogP contribution in [-0.2, 0) is 19.9 Å². The summed E-state index contributed by atoms with van der Waals surface area (Å²) in [5.41, 5.74) is 0.279. The number of rotatable bonds is 2. The van der Waals surface area contributed by atoms with E-state index in [1.54, 1.807) is 25.1 Å². The Kier molecular flexibility index (Phi) is 4.07. The van der Waals surface area contributed by atoms with E-state index in [4.69, 9.17) is 11.6 Å². The molecule has 3 saturated heterocycles. The van der Waals surface area contributed by atoms with Crippen molar-refractivity contribution in [2.24, 2.45) is 11.8 Å². The molecule has 1 spiro atoms. The van der Waals surface area contributed by atoms with Crippen molar-refractivity contribution in [3.8, 4) is 0 Å². The van der Waals surface area contributed by atoms with Gasteiger partial charge in [0.15, 0.2) is 0 Å². The first-order valence-electron chi connectivity index (χ1n) is 10.8. The predicted octanol–water partition coefficient (Wildman–Crippen LogP) is 2.99. The average molecular weight is 467 g/mol. The standard InChI is InChI=1S/C23H19ClN4O5/c1-11-4-6-13(10-17(11)28(32)33)27-20(29)18-16-3-2-8-26(16)23(19(18)21(27)30)14-9-12(24)5-7-15(14)25-22(23)31/h4-7,9-10,16,18-19H,2-3,8H2,1H3,(H,25,31)/t16-,18+,19+,23-/m1/s1. The van der Waals surface area contributed by atoms with E-state index >= 15 is 0 Å². The number of fused-ring (bicyclic) bond motifs is 7. The first kappa shape index (κ1) is 20.3. The number of carbonyl (C=O) groups excluding carboxylic acids is 3. The van der Waals surface area contributed by atoms with E-state index in [2.05, 4.69) is 5.32 Å². The highest BCUT2D eigenvalue weighted by atomic mass is 35.5. The molecule has 2 aromatic carbocycles. The zero-order valence-corrected chi connectivity index (χ0v) is 18.3. The lowest BCUT2D eigenvalue weighted by molar-refractivity contribution is -0.385. The summed E-state index contributed by atoms with van der Waals surface area (Å²) in [5, 5.41) is 14.8. The SMILES string of the molecule is Cc1ccc(N2C(=O)[C@H]3[C@H]4CCCN4[C@@]4(C(=O)Nc5ccc(Cl)cc54)[C@@H]3C2=O)cc1[N+](=O)[O-]. The van der Waals surface area contributed by atoms with E-state index < -0.39 is 34.1 Å². The molecule has 2 aromatic rings. The van der Waals surface area contributed by atoms with Crippen LogP contribution in [0, 0.1) is 28.9 Å². The van der Waals surface area contributed by atoms with Gasteiger partial charge in [-0.15, -0.1) is 0 Å². The first-order valence-corrected chi connectivity index (χ1v) is 11.2. The number of aryl methyl sites for hydroxylation is 1. The molecule has 0 saturated carbocycles. The minimum Gasteiger partial charge on any atom is -0.324 e. The summed E-state index contributed by atoms with van der Waals surface area (Å²) in [6, 6.07) is 9.13. The molecule has 3 fully saturated rings. The minimum absolute atomic E-state index is 0.154. The molecule has 9 nitrogen and oxygen atoms in total. The van der Waals surface area contributed by atoms with Crippen LogP contribution in [0.5, 0.6) is 0 Å². The Morgan fingerprint density at radius 3 is 2.70 bits per heavy atom. The van der Waals surface area contributed by atoms with Crippen molar-refractivity contribution in [2.75, 3.05) is 16.8 Å². The number of nitro groups is 1. The van der Waals surface area contributed by atoms with Crippen LogP contribution < -0.4 is 10.2 Å². The largest absolute Gasteiger partial charge is 0.324 e. The fourth-order valence-corrected chi connectivity index (χ4v) is 6.54. The Morgan fingerprint density at radius 1 is 1.15 bits per heavy atom. The third kappa shape index (κ3) is 2.38. The van der Waals surface area contributed by atoms with Gasteiger partial charge >= 0.3 is 0 Å². The van der Waals surface area contributed by atoms with E-state index in [1.165, 1.54) is 18.2 Å². The molecule has 33 heavy (non-hydrogen) atoms. The third-order valence-corrected chi connectivity index (χ3v) is 7.84. The van der Waals surface area contributed by atoms with Crippen LogP contribution in [0.2, 0.25) is 5.02 Å². The second-order valence-corrected chi connectivity index (χ2v) is 9.49. The van der Waals surface area contributed by atoms with Gasteiger partial charge in [-0.05, 0) is 50.6 Å². The number of hydrogen-bond donors (Lipinski definition) is 1. The number of nitrogens with one attached hydrogen (secondary N) is 1. The van der Waals surface area contributed by atoms with E-state index in [0.29, 0.717) is 34.8 Å². The summed E-state index contributed by atoms with van der Waals surface area (Å²) in [4.78, 5) is 55.1. The fraction of sp³-hybridized carbons (Fsp3) is 0.348. The molecule has 4 aliphatic heterocycles. The molecule has 4 heterocycles. The maximum atomic E-state index is 13.9. The molecule has 1 N–H and O–H groups in total. The number of carbonyl (C=O) groups is 3.